The molecular weight excluding hydrogens is 363 g/mol. The van der Waals surface area contributed by atoms with Crippen molar-refractivity contribution in [3.63, 3.8) is 0 Å². The van der Waals surface area contributed by atoms with Crippen LogP contribution in [0.5, 0.6) is 0 Å². The highest BCUT2D eigenvalue weighted by molar-refractivity contribution is 7.80. The predicted molar refractivity (Wildman–Crippen MR) is 106 cm³/mol. The van der Waals surface area contributed by atoms with Crippen molar-refractivity contribution in [2.24, 2.45) is 40.4 Å². The number of hydrogen-bond donors (Lipinski definition) is 1. The Morgan fingerprint density at radius 2 is 2.19 bits per heavy atom. The highest BCUT2D eigenvalue weighted by Gasteiger charge is 2.63. The number of fused-ring (bicyclic) bond motifs is 5. The number of rotatable bonds is 3. The number of hydrogen-bond acceptors (Lipinski definition) is 4. The van der Waals surface area contributed by atoms with E-state index in [1.807, 2.05) is 6.08 Å². The van der Waals surface area contributed by atoms with E-state index >= 15 is 0 Å². The Labute approximate surface area is 166 Å². The maximum Gasteiger partial charge on any atom is 0.229 e. The minimum absolute atomic E-state index is 0.0598. The largest absolute Gasteiger partial charge is 0.456 e. The van der Waals surface area contributed by atoms with Gasteiger partial charge >= 0.3 is 0 Å². The fourth-order valence-electron chi connectivity index (χ4n) is 7.24. The van der Waals surface area contributed by atoms with E-state index in [-0.39, 0.29) is 35.1 Å². The first-order valence-corrected chi connectivity index (χ1v) is 10.6. The minimum Gasteiger partial charge on any atom is -0.456 e. The molecule has 27 heavy (non-hydrogen) atoms. The normalized spacial score (nSPS) is 45.6. The molecule has 4 rings (SSSR count). The smallest absolute Gasteiger partial charge is 0.229 e. The molecule has 4 aliphatic rings. The van der Waals surface area contributed by atoms with Crippen LogP contribution >= 0.6 is 12.2 Å². The number of carbonyl (C=O) groups excluding carboxylic acids is 1. The molecule has 5 heteroatoms. The molecule has 0 radical (unpaired) electrons. The zero-order chi connectivity index (χ0) is 19.4. The molecule has 0 saturated heterocycles. The number of carbonyl (C=O) groups is 1. The van der Waals surface area contributed by atoms with Crippen molar-refractivity contribution in [2.75, 3.05) is 13.5 Å². The number of aliphatic hydroxyl groups excluding tert-OH is 1. The van der Waals surface area contributed by atoms with Crippen LogP contribution in [-0.4, -0.2) is 29.4 Å². The van der Waals surface area contributed by atoms with Crippen LogP contribution in [0.3, 0.4) is 0 Å². The Bertz CT molecular complexity index is 716. The first kappa shape index (κ1) is 19.3. The van der Waals surface area contributed by atoms with Gasteiger partial charge in [0.1, 0.15) is 0 Å². The summed E-state index contributed by atoms with van der Waals surface area (Å²) in [6.45, 7) is 3.63. The molecule has 2 unspecified atom stereocenters. The van der Waals surface area contributed by atoms with Crippen molar-refractivity contribution in [1.82, 2.24) is 0 Å². The molecule has 3 fully saturated rings. The maximum atomic E-state index is 12.8. The van der Waals surface area contributed by atoms with Gasteiger partial charge in [0, 0.05) is 23.4 Å². The molecule has 7 atom stereocenters. The van der Waals surface area contributed by atoms with E-state index in [2.05, 4.69) is 19.9 Å². The Kier molecular flexibility index (Phi) is 4.83. The summed E-state index contributed by atoms with van der Waals surface area (Å²) in [4.78, 5) is 11.9. The van der Waals surface area contributed by atoms with Gasteiger partial charge in [-0.15, -0.1) is 0 Å². The van der Waals surface area contributed by atoms with Crippen LogP contribution < -0.4 is 0 Å². The number of aliphatic hydroxyl groups is 1. The fourth-order valence-corrected chi connectivity index (χ4v) is 7.76. The van der Waals surface area contributed by atoms with Gasteiger partial charge in [0.05, 0.1) is 0 Å². The van der Waals surface area contributed by atoms with Gasteiger partial charge in [0.2, 0.25) is 6.86 Å². The average molecular weight is 393 g/mol. The summed E-state index contributed by atoms with van der Waals surface area (Å²) >= 11 is 5.44. The van der Waals surface area contributed by atoms with Crippen LogP contribution in [0.1, 0.15) is 46.0 Å². The Balaban J connectivity index is 1.69. The first-order chi connectivity index (χ1) is 12.9. The van der Waals surface area contributed by atoms with E-state index < -0.39 is 6.86 Å². The lowest BCUT2D eigenvalue weighted by atomic mass is 9.47. The van der Waals surface area contributed by atoms with Gasteiger partial charge in [-0.3, -0.25) is 4.79 Å². The van der Waals surface area contributed by atoms with Crippen LogP contribution in [-0.2, 0) is 9.53 Å². The molecule has 3 nitrogen and oxygen atoms in total. The van der Waals surface area contributed by atoms with Gasteiger partial charge < -0.3 is 9.84 Å². The second-order valence-corrected chi connectivity index (χ2v) is 9.70. The van der Waals surface area contributed by atoms with E-state index in [1.165, 1.54) is 5.57 Å². The Morgan fingerprint density at radius 1 is 1.41 bits per heavy atom. The minimum atomic E-state index is -0.897. The molecule has 0 bridgehead atoms. The summed E-state index contributed by atoms with van der Waals surface area (Å²) in [5.74, 6) is 1.66. The van der Waals surface area contributed by atoms with Gasteiger partial charge in [-0.2, -0.15) is 0 Å². The second kappa shape index (κ2) is 6.77. The number of halogens is 1. The molecule has 1 N–H and O–H groups in total. The summed E-state index contributed by atoms with van der Waals surface area (Å²) in [7, 11) is 0. The lowest BCUT2D eigenvalue weighted by Gasteiger charge is -2.57. The molecule has 0 aromatic rings. The predicted octanol–water partition coefficient (Wildman–Crippen LogP) is 4.40. The van der Waals surface area contributed by atoms with Crippen molar-refractivity contribution in [3.05, 3.63) is 23.8 Å². The molecule has 0 heterocycles. The van der Waals surface area contributed by atoms with Gasteiger partial charge in [0.15, 0.2) is 10.8 Å². The standard InChI is InChI=1S/C22H29FO3S/c1-13-9-18-16-4-3-14-10-15(25)5-7-21(14,2)17(16)6-8-22(18,11-24)19(13)20(27)26-12-23/h5,7,10,13,16-19,24H,3-4,6,8-9,11-12H2,1-2H3/t13?,16-,17+,18+,19?,21+,22-/m1/s1. The number of ether oxygens (including phenoxy) is 1. The molecule has 3 saturated carbocycles. The number of alkyl halides is 1. The van der Waals surface area contributed by atoms with E-state index in [1.54, 1.807) is 6.08 Å². The quantitative estimate of drug-likeness (QED) is 0.723. The van der Waals surface area contributed by atoms with Gasteiger partial charge in [-0.05, 0) is 80.1 Å². The van der Waals surface area contributed by atoms with E-state index in [0.717, 1.165) is 32.1 Å². The lowest BCUT2D eigenvalue weighted by Crippen LogP contribution is -2.53. The Hall–Kier alpha value is -1.07. The van der Waals surface area contributed by atoms with Crippen molar-refractivity contribution < 1.29 is 19.0 Å². The fraction of sp³-hybridized carbons (Fsp3) is 0.727. The number of thiocarbonyl (C=S) groups is 1. The third kappa shape index (κ3) is 2.68. The number of allylic oxidation sites excluding steroid dienone is 4. The molecule has 0 spiro atoms. The molecule has 0 aromatic heterocycles. The summed E-state index contributed by atoms with van der Waals surface area (Å²) in [5, 5.41) is 10.8. The van der Waals surface area contributed by atoms with Crippen molar-refractivity contribution >= 4 is 23.1 Å². The monoisotopic (exact) mass is 392 g/mol. The molecular formula is C22H29FO3S. The summed E-state index contributed by atoms with van der Waals surface area (Å²) in [5.41, 5.74) is 0.917. The maximum absolute atomic E-state index is 12.8. The topological polar surface area (TPSA) is 46.5 Å². The van der Waals surface area contributed by atoms with Crippen molar-refractivity contribution in [3.8, 4) is 0 Å². The highest BCUT2D eigenvalue weighted by Crippen LogP contribution is 2.67. The zero-order valence-corrected chi connectivity index (χ0v) is 16.9. The SMILES string of the molecule is CC1C[C@H]2[C@@H]3CCC4=CC(=O)C=C[C@]4(C)[C@H]3CC[C@]2(CO)C1C(=S)OCF. The van der Waals surface area contributed by atoms with Crippen LogP contribution in [0.25, 0.3) is 0 Å². The average Bonchev–Trinajstić information content (AvgIpc) is 2.95. The van der Waals surface area contributed by atoms with Gasteiger partial charge in [0.25, 0.3) is 0 Å². The van der Waals surface area contributed by atoms with Gasteiger partial charge in [-0.1, -0.05) is 25.5 Å². The van der Waals surface area contributed by atoms with E-state index in [4.69, 9.17) is 17.0 Å². The summed E-state index contributed by atoms with van der Waals surface area (Å²) in [6.07, 6.45) is 10.6. The van der Waals surface area contributed by atoms with Crippen LogP contribution in [0, 0.1) is 40.4 Å². The molecule has 0 aliphatic heterocycles. The zero-order valence-electron chi connectivity index (χ0n) is 16.1. The first-order valence-electron chi connectivity index (χ1n) is 10.1. The van der Waals surface area contributed by atoms with Crippen LogP contribution in [0.15, 0.2) is 23.8 Å². The Morgan fingerprint density at radius 3 is 2.89 bits per heavy atom. The third-order valence-electron chi connectivity index (χ3n) is 8.37. The van der Waals surface area contributed by atoms with E-state index in [9.17, 15) is 14.3 Å². The number of ketones is 1. The van der Waals surface area contributed by atoms with Crippen molar-refractivity contribution in [1.29, 1.82) is 0 Å². The highest BCUT2D eigenvalue weighted by atomic mass is 32.1. The molecule has 0 aromatic carbocycles. The molecule has 148 valence electrons. The van der Waals surface area contributed by atoms with Gasteiger partial charge in [-0.25, -0.2) is 4.39 Å². The second-order valence-electron chi connectivity index (χ2n) is 9.30. The van der Waals surface area contributed by atoms with Crippen LogP contribution in [0.2, 0.25) is 0 Å². The lowest BCUT2D eigenvalue weighted by molar-refractivity contribution is -0.111. The van der Waals surface area contributed by atoms with Crippen molar-refractivity contribution in [2.45, 2.75) is 46.0 Å². The molecule has 4 aliphatic carbocycles. The van der Waals surface area contributed by atoms with E-state index in [0.29, 0.717) is 22.8 Å². The molecule has 0 amide bonds. The van der Waals surface area contributed by atoms with Crippen LogP contribution in [0.4, 0.5) is 4.39 Å². The third-order valence-corrected chi connectivity index (χ3v) is 8.74. The summed E-state index contributed by atoms with van der Waals surface area (Å²) in [6, 6.07) is 0. The summed E-state index contributed by atoms with van der Waals surface area (Å²) < 4.78 is 17.9.